The van der Waals surface area contributed by atoms with Gasteiger partial charge in [0.2, 0.25) is 10.0 Å². The molecule has 0 fully saturated rings. The molecule has 0 aliphatic heterocycles. The summed E-state index contributed by atoms with van der Waals surface area (Å²) in [7, 11) is -1.63. The molecule has 25 heavy (non-hydrogen) atoms. The van der Waals surface area contributed by atoms with E-state index in [4.69, 9.17) is 10.00 Å². The van der Waals surface area contributed by atoms with Gasteiger partial charge >= 0.3 is 5.97 Å². The molecule has 0 N–H and O–H groups in total. The number of ether oxygens (including phenoxy) is 1. The van der Waals surface area contributed by atoms with E-state index in [1.807, 2.05) is 6.07 Å². The van der Waals surface area contributed by atoms with Crippen molar-refractivity contribution in [1.29, 1.82) is 5.26 Å². The molecule has 0 aliphatic carbocycles. The zero-order valence-corrected chi connectivity index (χ0v) is 14.8. The number of esters is 1. The van der Waals surface area contributed by atoms with Gasteiger partial charge in [0.1, 0.15) is 0 Å². The van der Waals surface area contributed by atoms with Gasteiger partial charge in [0.25, 0.3) is 0 Å². The second-order valence-electron chi connectivity index (χ2n) is 5.39. The van der Waals surface area contributed by atoms with Crippen LogP contribution in [0.3, 0.4) is 0 Å². The van der Waals surface area contributed by atoms with Crippen LogP contribution in [0.25, 0.3) is 0 Å². The Hall–Kier alpha value is -2.76. The van der Waals surface area contributed by atoms with Crippen LogP contribution < -0.4 is 0 Å². The van der Waals surface area contributed by atoms with Gasteiger partial charge in [0.05, 0.1) is 29.3 Å². The summed E-state index contributed by atoms with van der Waals surface area (Å²) in [6.45, 7) is 1.42. The van der Waals surface area contributed by atoms with E-state index in [0.717, 1.165) is 4.31 Å². The number of carbonyl (C=O) groups is 1. The van der Waals surface area contributed by atoms with E-state index in [1.165, 1.54) is 51.5 Å². The van der Waals surface area contributed by atoms with E-state index in [9.17, 15) is 13.2 Å². The number of methoxy groups -OCH3 is 1. The molecule has 0 aliphatic rings. The van der Waals surface area contributed by atoms with Crippen LogP contribution in [0.15, 0.2) is 53.6 Å². The topological polar surface area (TPSA) is 100 Å². The molecular formula is C17H17N3O4S. The van der Waals surface area contributed by atoms with Gasteiger partial charge < -0.3 is 4.74 Å². The smallest absolute Gasteiger partial charge is 0.333 e. The predicted octanol–water partition coefficient (Wildman–Crippen LogP) is 1.66. The van der Waals surface area contributed by atoms with E-state index in [-0.39, 0.29) is 16.2 Å². The molecule has 0 spiro atoms. The summed E-state index contributed by atoms with van der Waals surface area (Å²) >= 11 is 0. The SMILES string of the molecule is COC(=O)[C@](C)(c1ccccn1)N(C)S(=O)(=O)c1cccc(C#N)c1. The second-order valence-corrected chi connectivity index (χ2v) is 7.36. The predicted molar refractivity (Wildman–Crippen MR) is 89.7 cm³/mol. The molecule has 1 atom stereocenters. The number of likely N-dealkylation sites (N-methyl/N-ethyl adjacent to an activating group) is 1. The summed E-state index contributed by atoms with van der Waals surface area (Å²) in [5.74, 6) is -0.770. The number of hydrogen-bond acceptors (Lipinski definition) is 6. The first kappa shape index (κ1) is 18.6. The number of benzene rings is 1. The number of pyridine rings is 1. The van der Waals surface area contributed by atoms with Crippen LogP contribution in [-0.4, -0.2) is 37.8 Å². The Morgan fingerprint density at radius 2 is 2.00 bits per heavy atom. The van der Waals surface area contributed by atoms with Crippen LogP contribution in [0.2, 0.25) is 0 Å². The summed E-state index contributed by atoms with van der Waals surface area (Å²) in [4.78, 5) is 16.5. The van der Waals surface area contributed by atoms with Gasteiger partial charge in [0, 0.05) is 13.2 Å². The van der Waals surface area contributed by atoms with E-state index < -0.39 is 21.5 Å². The highest BCUT2D eigenvalue weighted by Gasteiger charge is 2.47. The number of nitrogens with zero attached hydrogens (tertiary/aromatic N) is 3. The molecular weight excluding hydrogens is 342 g/mol. The van der Waals surface area contributed by atoms with Crippen LogP contribution in [0, 0.1) is 11.3 Å². The van der Waals surface area contributed by atoms with Crippen LogP contribution in [0.4, 0.5) is 0 Å². The molecule has 2 aromatic rings. The Bertz CT molecular complexity index is 922. The van der Waals surface area contributed by atoms with Crippen molar-refractivity contribution in [1.82, 2.24) is 9.29 Å². The Kier molecular flexibility index (Phi) is 5.21. The summed E-state index contributed by atoms with van der Waals surface area (Å²) in [5, 5.41) is 8.99. The number of carbonyl (C=O) groups excluding carboxylic acids is 1. The second kappa shape index (κ2) is 7.01. The van der Waals surface area contributed by atoms with Crippen molar-refractivity contribution in [3.05, 3.63) is 59.9 Å². The number of rotatable bonds is 5. The summed E-state index contributed by atoms with van der Waals surface area (Å²) in [5.41, 5.74) is -1.24. The molecule has 0 amide bonds. The standard InChI is InChI=1S/C17H17N3O4S/c1-17(16(21)24-3,15-9-4-5-10-19-15)20(2)25(22,23)14-8-6-7-13(11-14)12-18/h4-11H,1-3H3/t17-/m0/s1. The Labute approximate surface area is 146 Å². The van der Waals surface area contributed by atoms with Crippen molar-refractivity contribution in [3.8, 4) is 6.07 Å². The van der Waals surface area contributed by atoms with Gasteiger partial charge in [-0.15, -0.1) is 0 Å². The Morgan fingerprint density at radius 1 is 1.28 bits per heavy atom. The fourth-order valence-corrected chi connectivity index (χ4v) is 3.86. The monoisotopic (exact) mass is 359 g/mol. The van der Waals surface area contributed by atoms with Gasteiger partial charge in [-0.05, 0) is 37.3 Å². The average Bonchev–Trinajstić information content (AvgIpc) is 2.66. The third-order valence-electron chi connectivity index (χ3n) is 4.00. The van der Waals surface area contributed by atoms with Gasteiger partial charge in [-0.25, -0.2) is 13.2 Å². The maximum absolute atomic E-state index is 13.0. The minimum Gasteiger partial charge on any atom is -0.467 e. The van der Waals surface area contributed by atoms with E-state index >= 15 is 0 Å². The van der Waals surface area contributed by atoms with Gasteiger partial charge in [-0.2, -0.15) is 9.57 Å². The third-order valence-corrected chi connectivity index (χ3v) is 5.93. The first-order valence-electron chi connectivity index (χ1n) is 7.27. The normalized spacial score (nSPS) is 13.7. The lowest BCUT2D eigenvalue weighted by Crippen LogP contribution is -2.51. The Morgan fingerprint density at radius 3 is 2.56 bits per heavy atom. The zero-order chi connectivity index (χ0) is 18.7. The highest BCUT2D eigenvalue weighted by molar-refractivity contribution is 7.89. The lowest BCUT2D eigenvalue weighted by molar-refractivity contribution is -0.151. The van der Waals surface area contributed by atoms with Gasteiger partial charge in [0.15, 0.2) is 5.54 Å². The molecule has 0 bridgehead atoms. The van der Waals surface area contributed by atoms with E-state index in [0.29, 0.717) is 0 Å². The van der Waals surface area contributed by atoms with E-state index in [1.54, 1.807) is 18.2 Å². The fraction of sp³-hybridized carbons (Fsp3) is 0.235. The van der Waals surface area contributed by atoms with Crippen LogP contribution in [-0.2, 0) is 25.1 Å². The fourth-order valence-electron chi connectivity index (χ4n) is 2.37. The molecule has 0 saturated heterocycles. The zero-order valence-electron chi connectivity index (χ0n) is 14.0. The molecule has 1 heterocycles. The van der Waals surface area contributed by atoms with Crippen LogP contribution in [0.1, 0.15) is 18.2 Å². The molecule has 7 nitrogen and oxygen atoms in total. The highest BCUT2D eigenvalue weighted by atomic mass is 32.2. The lowest BCUT2D eigenvalue weighted by Gasteiger charge is -2.34. The van der Waals surface area contributed by atoms with Crippen molar-refractivity contribution in [3.63, 3.8) is 0 Å². The van der Waals surface area contributed by atoms with Gasteiger partial charge in [-0.3, -0.25) is 4.98 Å². The highest BCUT2D eigenvalue weighted by Crippen LogP contribution is 2.32. The first-order chi connectivity index (χ1) is 11.8. The molecule has 130 valence electrons. The quantitative estimate of drug-likeness (QED) is 0.753. The van der Waals surface area contributed by atoms with Crippen LogP contribution >= 0.6 is 0 Å². The molecule has 8 heteroatoms. The minimum atomic E-state index is -4.09. The molecule has 1 aromatic heterocycles. The summed E-state index contributed by atoms with van der Waals surface area (Å²) < 4.78 is 31.8. The first-order valence-corrected chi connectivity index (χ1v) is 8.71. The molecule has 2 rings (SSSR count). The lowest BCUT2D eigenvalue weighted by atomic mass is 9.97. The number of nitriles is 1. The molecule has 0 saturated carbocycles. The van der Waals surface area contributed by atoms with Crippen molar-refractivity contribution in [2.75, 3.05) is 14.2 Å². The maximum atomic E-state index is 13.0. The van der Waals surface area contributed by atoms with Gasteiger partial charge in [-0.1, -0.05) is 12.1 Å². The third kappa shape index (κ3) is 3.24. The van der Waals surface area contributed by atoms with E-state index in [2.05, 4.69) is 4.98 Å². The summed E-state index contributed by atoms with van der Waals surface area (Å²) in [6, 6.07) is 12.3. The van der Waals surface area contributed by atoms with Crippen LogP contribution in [0.5, 0.6) is 0 Å². The van der Waals surface area contributed by atoms with Crippen molar-refractivity contribution in [2.45, 2.75) is 17.4 Å². The number of hydrogen-bond donors (Lipinski definition) is 0. The summed E-state index contributed by atoms with van der Waals surface area (Å²) in [6.07, 6.45) is 1.47. The minimum absolute atomic E-state index is 0.0971. The number of aromatic nitrogens is 1. The maximum Gasteiger partial charge on any atom is 0.333 e. The largest absolute Gasteiger partial charge is 0.467 e. The Balaban J connectivity index is 2.62. The van der Waals surface area contributed by atoms with Crippen molar-refractivity contribution < 1.29 is 17.9 Å². The van der Waals surface area contributed by atoms with Crippen molar-refractivity contribution >= 4 is 16.0 Å². The molecule has 0 unspecified atom stereocenters. The molecule has 0 radical (unpaired) electrons. The van der Waals surface area contributed by atoms with Crippen molar-refractivity contribution in [2.24, 2.45) is 0 Å². The average molecular weight is 359 g/mol. The molecule has 1 aromatic carbocycles. The number of sulfonamides is 1.